The minimum atomic E-state index is -0.0106. The van der Waals surface area contributed by atoms with Crippen molar-refractivity contribution in [1.82, 2.24) is 15.5 Å². The van der Waals surface area contributed by atoms with Gasteiger partial charge >= 0.3 is 0 Å². The van der Waals surface area contributed by atoms with Crippen LogP contribution in [-0.2, 0) is 0 Å². The van der Waals surface area contributed by atoms with E-state index in [0.717, 1.165) is 53.7 Å². The molecule has 2 N–H and O–H groups in total. The summed E-state index contributed by atoms with van der Waals surface area (Å²) < 4.78 is 0. The molecule has 1 aromatic heterocycles. The molecule has 0 saturated carbocycles. The Hall–Kier alpha value is -2.99. The van der Waals surface area contributed by atoms with Crippen molar-refractivity contribution in [3.63, 3.8) is 0 Å². The molecule has 1 saturated heterocycles. The Balaban J connectivity index is 1.32. The van der Waals surface area contributed by atoms with Crippen LogP contribution >= 0.6 is 11.6 Å². The van der Waals surface area contributed by atoms with E-state index >= 15 is 0 Å². The molecule has 0 spiro atoms. The van der Waals surface area contributed by atoms with E-state index in [0.29, 0.717) is 5.56 Å². The minimum Gasteiger partial charge on any atom is -0.378 e. The summed E-state index contributed by atoms with van der Waals surface area (Å²) >= 11 is 5.97. The predicted molar refractivity (Wildman–Crippen MR) is 123 cm³/mol. The van der Waals surface area contributed by atoms with Crippen LogP contribution in [0.2, 0.25) is 5.02 Å². The normalized spacial score (nSPS) is 14.6. The Kier molecular flexibility index (Phi) is 5.95. The molecule has 0 atom stereocenters. The van der Waals surface area contributed by atoms with Gasteiger partial charge in [0.05, 0.1) is 5.69 Å². The first kappa shape index (κ1) is 20.3. The number of carbonyl (C=O) groups excluding carboxylic acids is 1. The summed E-state index contributed by atoms with van der Waals surface area (Å²) in [6, 6.07) is 17.6. The smallest absolute Gasteiger partial charge is 0.251 e. The van der Waals surface area contributed by atoms with Crippen molar-refractivity contribution in [2.24, 2.45) is 0 Å². The Morgan fingerprint density at radius 1 is 1.10 bits per heavy atom. The van der Waals surface area contributed by atoms with E-state index in [1.165, 1.54) is 0 Å². The van der Waals surface area contributed by atoms with Crippen LogP contribution in [0, 0.1) is 0 Å². The number of amides is 1. The molecule has 6 nitrogen and oxygen atoms in total. The first-order valence-corrected chi connectivity index (χ1v) is 10.5. The summed E-state index contributed by atoms with van der Waals surface area (Å²) in [5.41, 5.74) is 3.80. The molecule has 30 heavy (non-hydrogen) atoms. The lowest BCUT2D eigenvalue weighted by atomic mass is 10.0. The quantitative estimate of drug-likeness (QED) is 0.645. The lowest BCUT2D eigenvalue weighted by Gasteiger charge is -2.32. The number of rotatable bonds is 5. The standard InChI is InChI=1S/C23H26ClN5O/c1-28(2)20-9-5-17(6-10-20)23(30)25-19-11-13-29(14-12-19)22-15-21(26-27-22)16-3-7-18(24)8-4-16/h3-10,15,19H,11-14H2,1-2H3,(H,25,30)(H,26,27). The van der Waals surface area contributed by atoms with E-state index in [1.54, 1.807) is 0 Å². The van der Waals surface area contributed by atoms with Crippen LogP contribution in [-0.4, -0.2) is 49.3 Å². The average Bonchev–Trinajstić information content (AvgIpc) is 3.25. The predicted octanol–water partition coefficient (Wildman–Crippen LogP) is 4.19. The van der Waals surface area contributed by atoms with Crippen molar-refractivity contribution in [3.05, 3.63) is 65.2 Å². The lowest BCUT2D eigenvalue weighted by Crippen LogP contribution is -2.44. The Morgan fingerprint density at radius 3 is 2.40 bits per heavy atom. The van der Waals surface area contributed by atoms with Gasteiger partial charge in [-0.1, -0.05) is 23.7 Å². The van der Waals surface area contributed by atoms with Crippen molar-refractivity contribution in [3.8, 4) is 11.3 Å². The average molecular weight is 424 g/mol. The maximum absolute atomic E-state index is 12.6. The molecule has 2 aromatic carbocycles. The number of carbonyl (C=O) groups is 1. The third kappa shape index (κ3) is 4.60. The van der Waals surface area contributed by atoms with Crippen LogP contribution in [0.4, 0.5) is 11.5 Å². The van der Waals surface area contributed by atoms with Gasteiger partial charge in [-0.15, -0.1) is 0 Å². The van der Waals surface area contributed by atoms with Crippen LogP contribution in [0.1, 0.15) is 23.2 Å². The fourth-order valence-corrected chi connectivity index (χ4v) is 3.81. The number of halogens is 1. The molecule has 1 aliphatic rings. The highest BCUT2D eigenvalue weighted by molar-refractivity contribution is 6.30. The molecular weight excluding hydrogens is 398 g/mol. The van der Waals surface area contributed by atoms with Crippen molar-refractivity contribution in [2.75, 3.05) is 37.0 Å². The van der Waals surface area contributed by atoms with Gasteiger partial charge in [0.25, 0.3) is 5.91 Å². The largest absolute Gasteiger partial charge is 0.378 e. The summed E-state index contributed by atoms with van der Waals surface area (Å²) in [6.45, 7) is 1.71. The Morgan fingerprint density at radius 2 is 1.77 bits per heavy atom. The molecule has 0 bridgehead atoms. The fourth-order valence-electron chi connectivity index (χ4n) is 3.68. The second-order valence-corrected chi connectivity index (χ2v) is 8.26. The first-order valence-electron chi connectivity index (χ1n) is 10.1. The first-order chi connectivity index (χ1) is 14.5. The van der Waals surface area contributed by atoms with Crippen molar-refractivity contribution in [2.45, 2.75) is 18.9 Å². The summed E-state index contributed by atoms with van der Waals surface area (Å²) in [5.74, 6) is 0.924. The van der Waals surface area contributed by atoms with Crippen LogP contribution in [0.3, 0.4) is 0 Å². The maximum Gasteiger partial charge on any atom is 0.251 e. The molecule has 0 unspecified atom stereocenters. The molecule has 1 fully saturated rings. The van der Waals surface area contributed by atoms with E-state index in [4.69, 9.17) is 11.6 Å². The third-order valence-electron chi connectivity index (χ3n) is 5.52. The number of anilines is 2. The highest BCUT2D eigenvalue weighted by atomic mass is 35.5. The number of aromatic nitrogens is 2. The van der Waals surface area contributed by atoms with E-state index in [-0.39, 0.29) is 11.9 Å². The van der Waals surface area contributed by atoms with Crippen molar-refractivity contribution >= 4 is 29.0 Å². The highest BCUT2D eigenvalue weighted by Gasteiger charge is 2.23. The second kappa shape index (κ2) is 8.79. The number of aromatic amines is 1. The van der Waals surface area contributed by atoms with E-state index < -0.39 is 0 Å². The summed E-state index contributed by atoms with van der Waals surface area (Å²) in [5, 5.41) is 11.5. The van der Waals surface area contributed by atoms with Crippen LogP contribution < -0.4 is 15.1 Å². The summed E-state index contributed by atoms with van der Waals surface area (Å²) in [6.07, 6.45) is 1.79. The van der Waals surface area contributed by atoms with E-state index in [2.05, 4.69) is 26.5 Å². The minimum absolute atomic E-state index is 0.0106. The molecule has 0 radical (unpaired) electrons. The number of hydrogen-bond acceptors (Lipinski definition) is 4. The summed E-state index contributed by atoms with van der Waals surface area (Å²) in [4.78, 5) is 16.8. The zero-order valence-electron chi connectivity index (χ0n) is 17.2. The van der Waals surface area contributed by atoms with Gasteiger partial charge in [-0.25, -0.2) is 0 Å². The summed E-state index contributed by atoms with van der Waals surface area (Å²) in [7, 11) is 3.97. The molecule has 1 amide bonds. The SMILES string of the molecule is CN(C)c1ccc(C(=O)NC2CCN(c3cc(-c4ccc(Cl)cc4)[nH]n3)CC2)cc1. The zero-order valence-corrected chi connectivity index (χ0v) is 18.0. The van der Waals surface area contributed by atoms with E-state index in [9.17, 15) is 4.79 Å². The van der Waals surface area contributed by atoms with Gasteiger partial charge in [0.15, 0.2) is 5.82 Å². The van der Waals surface area contributed by atoms with Gasteiger partial charge in [-0.2, -0.15) is 5.10 Å². The van der Waals surface area contributed by atoms with Gasteiger partial charge in [-0.05, 0) is 54.8 Å². The number of piperidine rings is 1. The van der Waals surface area contributed by atoms with Gasteiger partial charge < -0.3 is 15.1 Å². The van der Waals surface area contributed by atoms with Gasteiger partial charge in [0.2, 0.25) is 0 Å². The van der Waals surface area contributed by atoms with Crippen LogP contribution in [0.5, 0.6) is 0 Å². The Bertz CT molecular complexity index is 989. The maximum atomic E-state index is 12.6. The zero-order chi connectivity index (χ0) is 21.1. The van der Waals surface area contributed by atoms with Crippen molar-refractivity contribution in [1.29, 1.82) is 0 Å². The van der Waals surface area contributed by atoms with Crippen molar-refractivity contribution < 1.29 is 4.79 Å². The number of nitrogens with zero attached hydrogens (tertiary/aromatic N) is 3. The number of H-pyrrole nitrogens is 1. The van der Waals surface area contributed by atoms with Gasteiger partial charge in [-0.3, -0.25) is 9.89 Å². The van der Waals surface area contributed by atoms with E-state index in [1.807, 2.05) is 67.5 Å². The van der Waals surface area contributed by atoms with Gasteiger partial charge in [0.1, 0.15) is 0 Å². The molecule has 3 aromatic rings. The number of benzene rings is 2. The molecule has 1 aliphatic heterocycles. The number of hydrogen-bond donors (Lipinski definition) is 2. The third-order valence-corrected chi connectivity index (χ3v) is 5.77. The molecule has 7 heteroatoms. The van der Waals surface area contributed by atoms with Gasteiger partial charge in [0, 0.05) is 55.6 Å². The molecule has 0 aliphatic carbocycles. The molecular formula is C23H26ClN5O. The fraction of sp³-hybridized carbons (Fsp3) is 0.304. The molecule has 2 heterocycles. The Labute approximate surface area is 181 Å². The second-order valence-electron chi connectivity index (χ2n) is 7.82. The van der Waals surface area contributed by atoms with Crippen LogP contribution in [0.15, 0.2) is 54.6 Å². The molecule has 4 rings (SSSR count). The lowest BCUT2D eigenvalue weighted by molar-refractivity contribution is 0.0931. The monoisotopic (exact) mass is 423 g/mol. The number of nitrogens with one attached hydrogen (secondary N) is 2. The highest BCUT2D eigenvalue weighted by Crippen LogP contribution is 2.25. The topological polar surface area (TPSA) is 64.3 Å². The van der Waals surface area contributed by atoms with Crippen LogP contribution in [0.25, 0.3) is 11.3 Å². The molecule has 156 valence electrons.